The molecule has 0 radical (unpaired) electrons. The number of aryl methyl sites for hydroxylation is 1. The van der Waals surface area contributed by atoms with Gasteiger partial charge in [-0.25, -0.2) is 4.98 Å². The predicted octanol–water partition coefficient (Wildman–Crippen LogP) is 4.00. The zero-order valence-electron chi connectivity index (χ0n) is 14.3. The van der Waals surface area contributed by atoms with Crippen molar-refractivity contribution in [3.8, 4) is 6.07 Å². The van der Waals surface area contributed by atoms with Crippen molar-refractivity contribution in [3.63, 3.8) is 0 Å². The zero-order chi connectivity index (χ0) is 19.4. The van der Waals surface area contributed by atoms with Gasteiger partial charge in [0.25, 0.3) is 10.1 Å². The standard InChI is InChI=1S/C19H16N4O3S/c1-13-10-18(21-14-6-3-2-4-7-14)23-19(17(13)12-20)22-15-8-5-9-16(11-15)27(24,25)26/h2-11H,1H3,(H2,21,22,23)(H,24,25,26). The highest BCUT2D eigenvalue weighted by Crippen LogP contribution is 2.26. The van der Waals surface area contributed by atoms with Crippen molar-refractivity contribution >= 4 is 33.1 Å². The van der Waals surface area contributed by atoms with Gasteiger partial charge in [-0.3, -0.25) is 4.55 Å². The summed E-state index contributed by atoms with van der Waals surface area (Å²) in [6.45, 7) is 1.79. The van der Waals surface area contributed by atoms with Gasteiger partial charge in [0.15, 0.2) is 5.82 Å². The molecule has 0 aliphatic carbocycles. The molecule has 0 aliphatic heterocycles. The van der Waals surface area contributed by atoms with Crippen molar-refractivity contribution in [2.75, 3.05) is 10.6 Å². The lowest BCUT2D eigenvalue weighted by Crippen LogP contribution is -2.04. The van der Waals surface area contributed by atoms with Gasteiger partial charge in [0.1, 0.15) is 11.9 Å². The third-order valence-corrected chi connectivity index (χ3v) is 4.62. The molecular weight excluding hydrogens is 364 g/mol. The largest absolute Gasteiger partial charge is 0.340 e. The van der Waals surface area contributed by atoms with E-state index < -0.39 is 10.1 Å². The monoisotopic (exact) mass is 380 g/mol. The summed E-state index contributed by atoms with van der Waals surface area (Å²) in [4.78, 5) is 4.18. The van der Waals surface area contributed by atoms with Crippen LogP contribution in [0, 0.1) is 18.3 Å². The first kappa shape index (κ1) is 18.4. The van der Waals surface area contributed by atoms with Crippen LogP contribution >= 0.6 is 0 Å². The molecule has 0 atom stereocenters. The van der Waals surface area contributed by atoms with Crippen LogP contribution in [0.4, 0.5) is 23.0 Å². The van der Waals surface area contributed by atoms with E-state index in [2.05, 4.69) is 21.7 Å². The SMILES string of the molecule is Cc1cc(Nc2ccccc2)nc(Nc2cccc(S(=O)(=O)O)c2)c1C#N. The summed E-state index contributed by atoms with van der Waals surface area (Å²) in [5, 5.41) is 15.6. The van der Waals surface area contributed by atoms with E-state index in [0.29, 0.717) is 22.6 Å². The number of nitrogens with zero attached hydrogens (tertiary/aromatic N) is 2. The van der Waals surface area contributed by atoms with Crippen molar-refractivity contribution in [1.29, 1.82) is 5.26 Å². The minimum atomic E-state index is -4.33. The number of hydrogen-bond acceptors (Lipinski definition) is 6. The average molecular weight is 380 g/mol. The lowest BCUT2D eigenvalue weighted by atomic mass is 10.1. The van der Waals surface area contributed by atoms with Crippen LogP contribution in [0.5, 0.6) is 0 Å². The van der Waals surface area contributed by atoms with Gasteiger partial charge in [-0.05, 0) is 48.9 Å². The van der Waals surface area contributed by atoms with E-state index in [1.807, 2.05) is 30.3 Å². The fraction of sp³-hybridized carbons (Fsp3) is 0.0526. The lowest BCUT2D eigenvalue weighted by Gasteiger charge is -2.13. The van der Waals surface area contributed by atoms with Crippen LogP contribution in [0.25, 0.3) is 0 Å². The molecule has 0 bridgehead atoms. The molecule has 8 heteroatoms. The third-order valence-electron chi connectivity index (χ3n) is 3.77. The first-order valence-corrected chi connectivity index (χ1v) is 9.39. The number of aromatic nitrogens is 1. The lowest BCUT2D eigenvalue weighted by molar-refractivity contribution is 0.483. The third kappa shape index (κ3) is 4.41. The number of nitriles is 1. The number of pyridine rings is 1. The number of para-hydroxylation sites is 1. The van der Waals surface area contributed by atoms with E-state index in [1.54, 1.807) is 19.1 Å². The minimum absolute atomic E-state index is 0.249. The molecule has 0 amide bonds. The van der Waals surface area contributed by atoms with Crippen molar-refractivity contribution in [2.45, 2.75) is 11.8 Å². The Morgan fingerprint density at radius 2 is 1.70 bits per heavy atom. The van der Waals surface area contributed by atoms with Gasteiger partial charge in [0, 0.05) is 11.4 Å². The van der Waals surface area contributed by atoms with E-state index in [4.69, 9.17) is 0 Å². The van der Waals surface area contributed by atoms with E-state index in [0.717, 1.165) is 5.69 Å². The van der Waals surface area contributed by atoms with Crippen molar-refractivity contribution in [3.05, 3.63) is 71.8 Å². The van der Waals surface area contributed by atoms with Gasteiger partial charge in [-0.15, -0.1) is 0 Å². The highest BCUT2D eigenvalue weighted by atomic mass is 32.2. The average Bonchev–Trinajstić information content (AvgIpc) is 2.62. The van der Waals surface area contributed by atoms with Crippen LogP contribution in [0.1, 0.15) is 11.1 Å². The summed E-state index contributed by atoms with van der Waals surface area (Å²) in [6.07, 6.45) is 0. The van der Waals surface area contributed by atoms with Crippen molar-refractivity contribution < 1.29 is 13.0 Å². The Hall–Kier alpha value is -3.41. The summed E-state index contributed by atoms with van der Waals surface area (Å²) >= 11 is 0. The van der Waals surface area contributed by atoms with Crippen LogP contribution < -0.4 is 10.6 Å². The molecule has 1 heterocycles. The van der Waals surface area contributed by atoms with Crippen LogP contribution in [0.3, 0.4) is 0 Å². The van der Waals surface area contributed by atoms with E-state index in [1.165, 1.54) is 18.2 Å². The molecular formula is C19H16N4O3S. The highest BCUT2D eigenvalue weighted by Gasteiger charge is 2.13. The van der Waals surface area contributed by atoms with Crippen molar-refractivity contribution in [1.82, 2.24) is 4.98 Å². The molecule has 3 aromatic rings. The maximum atomic E-state index is 11.3. The molecule has 3 N–H and O–H groups in total. The smallest absolute Gasteiger partial charge is 0.294 e. The van der Waals surface area contributed by atoms with Gasteiger partial charge >= 0.3 is 0 Å². The molecule has 0 fully saturated rings. The van der Waals surface area contributed by atoms with Crippen LogP contribution in [-0.2, 0) is 10.1 Å². The van der Waals surface area contributed by atoms with E-state index in [-0.39, 0.29) is 10.7 Å². The quantitative estimate of drug-likeness (QED) is 0.573. The van der Waals surface area contributed by atoms with Crippen LogP contribution in [0.2, 0.25) is 0 Å². The molecule has 136 valence electrons. The topological polar surface area (TPSA) is 115 Å². The Morgan fingerprint density at radius 1 is 1.00 bits per heavy atom. The Balaban J connectivity index is 1.98. The number of hydrogen-bond donors (Lipinski definition) is 3. The molecule has 2 aromatic carbocycles. The fourth-order valence-electron chi connectivity index (χ4n) is 2.51. The normalized spacial score (nSPS) is 10.9. The Labute approximate surface area is 157 Å². The summed E-state index contributed by atoms with van der Waals surface area (Å²) in [7, 11) is -4.33. The van der Waals surface area contributed by atoms with Gasteiger partial charge in [0.05, 0.1) is 10.5 Å². The maximum Gasteiger partial charge on any atom is 0.294 e. The molecule has 3 rings (SSSR count). The van der Waals surface area contributed by atoms with Crippen LogP contribution in [-0.4, -0.2) is 18.0 Å². The second-order valence-electron chi connectivity index (χ2n) is 5.78. The molecule has 0 aliphatic rings. The minimum Gasteiger partial charge on any atom is -0.340 e. The fourth-order valence-corrected chi connectivity index (χ4v) is 3.04. The first-order valence-electron chi connectivity index (χ1n) is 7.95. The number of nitrogens with one attached hydrogen (secondary N) is 2. The van der Waals surface area contributed by atoms with Crippen LogP contribution in [0.15, 0.2) is 65.6 Å². The molecule has 1 aromatic heterocycles. The molecule has 7 nitrogen and oxygen atoms in total. The summed E-state index contributed by atoms with van der Waals surface area (Å²) < 4.78 is 31.8. The Kier molecular flexibility index (Phi) is 5.07. The highest BCUT2D eigenvalue weighted by molar-refractivity contribution is 7.85. The number of benzene rings is 2. The van der Waals surface area contributed by atoms with Crippen molar-refractivity contribution in [2.24, 2.45) is 0 Å². The summed E-state index contributed by atoms with van der Waals surface area (Å²) in [6, 6.07) is 18.9. The first-order chi connectivity index (χ1) is 12.9. The molecule has 0 unspecified atom stereocenters. The maximum absolute atomic E-state index is 11.3. The Morgan fingerprint density at radius 3 is 2.37 bits per heavy atom. The van der Waals surface area contributed by atoms with Gasteiger partial charge in [0.2, 0.25) is 0 Å². The second-order valence-corrected chi connectivity index (χ2v) is 7.20. The molecule has 0 saturated carbocycles. The summed E-state index contributed by atoms with van der Waals surface area (Å²) in [5.41, 5.74) is 2.27. The number of anilines is 4. The predicted molar refractivity (Wildman–Crippen MR) is 103 cm³/mol. The summed E-state index contributed by atoms with van der Waals surface area (Å²) in [5.74, 6) is 0.814. The van der Waals surface area contributed by atoms with E-state index in [9.17, 15) is 18.2 Å². The van der Waals surface area contributed by atoms with Gasteiger partial charge in [-0.1, -0.05) is 24.3 Å². The molecule has 27 heavy (non-hydrogen) atoms. The zero-order valence-corrected chi connectivity index (χ0v) is 15.2. The van der Waals surface area contributed by atoms with E-state index >= 15 is 0 Å². The van der Waals surface area contributed by atoms with Gasteiger partial charge < -0.3 is 10.6 Å². The number of rotatable bonds is 5. The molecule has 0 spiro atoms. The molecule has 0 saturated heterocycles. The van der Waals surface area contributed by atoms with Gasteiger partial charge in [-0.2, -0.15) is 13.7 Å². The second kappa shape index (κ2) is 7.45. The Bertz CT molecular complexity index is 1120.